The van der Waals surface area contributed by atoms with Crippen molar-refractivity contribution in [2.75, 3.05) is 19.5 Å². The van der Waals surface area contributed by atoms with E-state index < -0.39 is 18.9 Å². The molecule has 6 nitrogen and oxygen atoms in total. The van der Waals surface area contributed by atoms with Crippen LogP contribution in [-0.4, -0.2) is 28.2 Å². The third kappa shape index (κ3) is 23.2. The molecule has 0 aromatic rings. The molecule has 0 aliphatic rings. The molecule has 0 heterocycles. The quantitative estimate of drug-likeness (QED) is 0.336. The van der Waals surface area contributed by atoms with E-state index in [4.69, 9.17) is 8.76 Å². The molecule has 0 amide bonds. The maximum absolute atomic E-state index is 10.4. The normalized spacial score (nSPS) is 12.1. The summed E-state index contributed by atoms with van der Waals surface area (Å²) in [6.07, 6.45) is 1.19. The first-order chi connectivity index (χ1) is 5.85. The summed E-state index contributed by atoms with van der Waals surface area (Å²) >= 11 is -1.61. The van der Waals surface area contributed by atoms with Gasteiger partial charge in [-0.1, -0.05) is 0 Å². The van der Waals surface area contributed by atoms with E-state index in [1.807, 2.05) is 0 Å². The van der Waals surface area contributed by atoms with Gasteiger partial charge in [-0.3, -0.25) is 4.57 Å². The first kappa shape index (κ1) is 20.6. The number of phosphoric acid groups is 1. The van der Waals surface area contributed by atoms with Crippen LogP contribution in [0.3, 0.4) is 0 Å². The van der Waals surface area contributed by atoms with Crippen molar-refractivity contribution in [3.8, 4) is 0 Å². The molecule has 0 fully saturated rings. The molecule has 14 heavy (non-hydrogen) atoms. The Hall–Kier alpha value is 1.22. The Labute approximate surface area is 109 Å². The molecule has 9 heteroatoms. The first-order valence-electron chi connectivity index (χ1n) is 3.48. The predicted molar refractivity (Wildman–Crippen MR) is 47.6 cm³/mol. The molecule has 0 aliphatic carbocycles. The molecule has 0 rings (SSSR count). The van der Waals surface area contributed by atoms with Crippen molar-refractivity contribution >= 4 is 18.9 Å². The third-order valence-electron chi connectivity index (χ3n) is 0.574. The molecule has 0 aliphatic heterocycles. The Morgan fingerprint density at radius 2 is 1.57 bits per heavy atom. The maximum Gasteiger partial charge on any atom is 1.00 e. The van der Waals surface area contributed by atoms with Crippen molar-refractivity contribution < 1.29 is 56.8 Å². The second-order valence-electron chi connectivity index (χ2n) is 1.71. The van der Waals surface area contributed by atoms with Gasteiger partial charge < -0.3 is 18.5 Å². The van der Waals surface area contributed by atoms with Gasteiger partial charge in [-0.05, 0) is 13.8 Å². The largest absolute Gasteiger partial charge is 1.00 e. The van der Waals surface area contributed by atoms with E-state index in [0.717, 1.165) is 0 Å². The van der Waals surface area contributed by atoms with Crippen LogP contribution in [0.1, 0.15) is 13.8 Å². The second kappa shape index (κ2) is 12.3. The van der Waals surface area contributed by atoms with E-state index in [2.05, 4.69) is 9.05 Å². The molecule has 0 spiro atoms. The molecule has 1 atom stereocenters. The minimum atomic E-state index is -3.94. The molecule has 0 bridgehead atoms. The fourth-order valence-corrected chi connectivity index (χ4v) is 1.06. The molecule has 0 aromatic carbocycles. The average molecular weight is 256 g/mol. The Balaban J connectivity index is -0.000000209. The minimum absolute atomic E-state index is 0. The summed E-state index contributed by atoms with van der Waals surface area (Å²) in [7, 11) is -3.94. The van der Waals surface area contributed by atoms with Gasteiger partial charge in [0.25, 0.3) is 7.82 Å². The molecule has 0 aromatic heterocycles. The van der Waals surface area contributed by atoms with Crippen LogP contribution in [0.4, 0.5) is 0 Å². The molecule has 1 unspecified atom stereocenters. The Kier molecular flexibility index (Phi) is 18.1. The van der Waals surface area contributed by atoms with E-state index in [0.29, 0.717) is 0 Å². The van der Waals surface area contributed by atoms with Crippen LogP contribution >= 0.6 is 7.82 Å². The zero-order valence-electron chi connectivity index (χ0n) is 8.76. The van der Waals surface area contributed by atoms with E-state index in [-0.39, 0.29) is 42.8 Å². The van der Waals surface area contributed by atoms with Gasteiger partial charge >= 0.3 is 29.6 Å². The van der Waals surface area contributed by atoms with Crippen molar-refractivity contribution in [3.63, 3.8) is 0 Å². The fourth-order valence-electron chi connectivity index (χ4n) is 0.353. The van der Waals surface area contributed by atoms with Crippen molar-refractivity contribution in [3.05, 3.63) is 0 Å². The molecule has 0 saturated heterocycles. The van der Waals surface area contributed by atoms with E-state index in [9.17, 15) is 9.46 Å². The summed E-state index contributed by atoms with van der Waals surface area (Å²) in [5, 5.41) is 0. The summed E-state index contributed by atoms with van der Waals surface area (Å²) < 4.78 is 35.5. The fraction of sp³-hybridized carbons (Fsp3) is 1.00. The van der Waals surface area contributed by atoms with E-state index >= 15 is 0 Å². The summed E-state index contributed by atoms with van der Waals surface area (Å²) in [5.41, 5.74) is 0. The van der Waals surface area contributed by atoms with Crippen LogP contribution in [0.2, 0.25) is 0 Å². The van der Waals surface area contributed by atoms with Gasteiger partial charge in [-0.15, -0.1) is 0 Å². The van der Waals surface area contributed by atoms with Gasteiger partial charge in [0.2, 0.25) is 0 Å². The molecule has 1 N–H and O–H groups in total. The molecule has 0 saturated carbocycles. The van der Waals surface area contributed by atoms with Crippen LogP contribution in [-0.2, 0) is 24.7 Å². The standard InChI is InChI=1S/C4H11O4P.CH4O2S.Na/c1-3-7-9(5,6)8-4-2;1-4(2)3;/h3-4H2,1-2H3,(H,5,6);1H3,(H,2,3);/q;;+1/p-1. The van der Waals surface area contributed by atoms with E-state index in [1.165, 1.54) is 6.26 Å². The first-order valence-corrected chi connectivity index (χ1v) is 6.45. The van der Waals surface area contributed by atoms with Crippen molar-refractivity contribution in [2.24, 2.45) is 0 Å². The van der Waals surface area contributed by atoms with Gasteiger partial charge in [-0.25, -0.2) is 4.21 Å². The van der Waals surface area contributed by atoms with Gasteiger partial charge in [0, 0.05) is 6.26 Å². The van der Waals surface area contributed by atoms with Crippen LogP contribution < -0.4 is 34.5 Å². The number of rotatable bonds is 4. The van der Waals surface area contributed by atoms with Gasteiger partial charge in [0.05, 0.1) is 13.2 Å². The smallest absolute Gasteiger partial charge is 0.756 e. The van der Waals surface area contributed by atoms with Gasteiger partial charge in [-0.2, -0.15) is 0 Å². The Morgan fingerprint density at radius 3 is 1.71 bits per heavy atom. The number of hydrogen-bond donors (Lipinski definition) is 1. The zero-order chi connectivity index (χ0) is 10.9. The van der Waals surface area contributed by atoms with Crippen LogP contribution in [0.25, 0.3) is 0 Å². The van der Waals surface area contributed by atoms with Gasteiger partial charge in [0.15, 0.2) is 0 Å². The zero-order valence-corrected chi connectivity index (χ0v) is 12.5. The second-order valence-corrected chi connectivity index (χ2v) is 3.96. The maximum atomic E-state index is 10.4. The summed E-state index contributed by atoms with van der Waals surface area (Å²) in [4.78, 5) is 10.4. The SMILES string of the molecule is CCOP(=O)([O-])OCC.CS(=O)O.[Na+]. The Morgan fingerprint density at radius 1 is 1.36 bits per heavy atom. The van der Waals surface area contributed by atoms with Crippen molar-refractivity contribution in [1.29, 1.82) is 0 Å². The molecular weight excluding hydrogens is 242 g/mol. The number of phosphoric ester groups is 1. The van der Waals surface area contributed by atoms with Gasteiger partial charge in [0.1, 0.15) is 11.1 Å². The summed E-state index contributed by atoms with van der Waals surface area (Å²) in [5.74, 6) is 0. The third-order valence-corrected chi connectivity index (χ3v) is 1.72. The van der Waals surface area contributed by atoms with Crippen LogP contribution in [0.5, 0.6) is 0 Å². The summed E-state index contributed by atoms with van der Waals surface area (Å²) in [6.45, 7) is 3.43. The van der Waals surface area contributed by atoms with Crippen molar-refractivity contribution in [2.45, 2.75) is 13.8 Å². The predicted octanol–water partition coefficient (Wildman–Crippen LogP) is -2.63. The topological polar surface area (TPSA) is 95.9 Å². The molecule has 82 valence electrons. The Bertz CT molecular complexity index is 175. The molecule has 0 radical (unpaired) electrons. The monoisotopic (exact) mass is 256 g/mol. The number of hydrogen-bond acceptors (Lipinski definition) is 5. The minimum Gasteiger partial charge on any atom is -0.756 e. The molecular formula is C5H14NaO6PS. The van der Waals surface area contributed by atoms with Crippen LogP contribution in [0.15, 0.2) is 0 Å². The van der Waals surface area contributed by atoms with E-state index in [1.54, 1.807) is 13.8 Å². The van der Waals surface area contributed by atoms with Crippen LogP contribution in [0, 0.1) is 0 Å². The summed E-state index contributed by atoms with van der Waals surface area (Å²) in [6, 6.07) is 0. The average Bonchev–Trinajstić information content (AvgIpc) is 1.84. The van der Waals surface area contributed by atoms with Crippen molar-refractivity contribution in [1.82, 2.24) is 0 Å².